The van der Waals surface area contributed by atoms with E-state index in [-0.39, 0.29) is 12.1 Å². The third-order valence-corrected chi connectivity index (χ3v) is 6.88. The number of nitrogens with zero attached hydrogens (tertiary/aromatic N) is 3. The third kappa shape index (κ3) is 3.02. The summed E-state index contributed by atoms with van der Waals surface area (Å²) in [7, 11) is 0. The lowest BCUT2D eigenvalue weighted by Crippen LogP contribution is -2.32. The number of hydrogen-bond acceptors (Lipinski definition) is 5. The van der Waals surface area contributed by atoms with Crippen molar-refractivity contribution in [3.8, 4) is 5.75 Å². The topological polar surface area (TPSA) is 52.0 Å². The van der Waals surface area contributed by atoms with Gasteiger partial charge in [-0.05, 0) is 48.6 Å². The van der Waals surface area contributed by atoms with E-state index in [4.69, 9.17) is 4.74 Å². The fourth-order valence-electron chi connectivity index (χ4n) is 4.54. The van der Waals surface area contributed by atoms with Gasteiger partial charge in [-0.2, -0.15) is 10.1 Å². The van der Waals surface area contributed by atoms with Crippen LogP contribution in [0.3, 0.4) is 0 Å². The number of nitrogens with one attached hydrogen (secondary N) is 1. The largest absolute Gasteiger partial charge is 0.480 e. The van der Waals surface area contributed by atoms with E-state index >= 15 is 0 Å². The van der Waals surface area contributed by atoms with Crippen LogP contribution in [-0.2, 0) is 0 Å². The molecule has 4 aromatic rings. The van der Waals surface area contributed by atoms with Crippen LogP contribution in [0.1, 0.15) is 34.4 Å². The van der Waals surface area contributed by atoms with Gasteiger partial charge in [-0.3, -0.25) is 0 Å². The van der Waals surface area contributed by atoms with E-state index in [1.54, 1.807) is 18.1 Å². The molecule has 0 fully saturated rings. The van der Waals surface area contributed by atoms with Crippen LogP contribution in [-0.4, -0.2) is 21.0 Å². The summed E-state index contributed by atoms with van der Waals surface area (Å²) in [4.78, 5) is 5.73. The van der Waals surface area contributed by atoms with Gasteiger partial charge in [0.25, 0.3) is 0 Å². The summed E-state index contributed by atoms with van der Waals surface area (Å²) >= 11 is 1.74. The number of aromatic nitrogens is 3. The molecule has 32 heavy (non-hydrogen) atoms. The van der Waals surface area contributed by atoms with Gasteiger partial charge in [0.05, 0.1) is 5.70 Å². The number of benzene rings is 3. The molecule has 5 nitrogen and oxygen atoms in total. The van der Waals surface area contributed by atoms with Gasteiger partial charge in [0.1, 0.15) is 24.2 Å². The Labute approximate surface area is 191 Å². The van der Waals surface area contributed by atoms with Crippen LogP contribution in [0.15, 0.2) is 89.6 Å². The molecule has 3 heterocycles. The van der Waals surface area contributed by atoms with Crippen LogP contribution in [0.4, 0.5) is 5.95 Å². The number of aryl methyl sites for hydroxylation is 1. The lowest BCUT2D eigenvalue weighted by molar-refractivity contribution is 0.223. The molecule has 0 unspecified atom stereocenters. The second kappa shape index (κ2) is 7.57. The molecule has 2 aliphatic heterocycles. The predicted octanol–water partition coefficient (Wildman–Crippen LogP) is 5.87. The molecule has 158 valence electrons. The molecule has 0 bridgehead atoms. The first-order valence-corrected chi connectivity index (χ1v) is 11.8. The van der Waals surface area contributed by atoms with Gasteiger partial charge >= 0.3 is 0 Å². The Morgan fingerprint density at radius 3 is 2.47 bits per heavy atom. The predicted molar refractivity (Wildman–Crippen MR) is 128 cm³/mol. The summed E-state index contributed by atoms with van der Waals surface area (Å²) in [5.74, 6) is 1.61. The Morgan fingerprint density at radius 2 is 1.69 bits per heavy atom. The number of para-hydroxylation sites is 1. The maximum atomic E-state index is 6.66. The summed E-state index contributed by atoms with van der Waals surface area (Å²) < 4.78 is 8.62. The lowest BCUT2D eigenvalue weighted by Gasteiger charge is -2.39. The maximum absolute atomic E-state index is 6.66. The molecule has 0 saturated heterocycles. The van der Waals surface area contributed by atoms with E-state index in [1.807, 2.05) is 22.9 Å². The van der Waals surface area contributed by atoms with Crippen LogP contribution in [0.5, 0.6) is 5.75 Å². The molecule has 6 rings (SSSR count). The molecular formula is C26H22N4OS. The van der Waals surface area contributed by atoms with E-state index in [1.165, 1.54) is 10.5 Å². The Bertz CT molecular complexity index is 1320. The summed E-state index contributed by atoms with van der Waals surface area (Å²) in [5.41, 5.74) is 6.74. The second-order valence-corrected chi connectivity index (χ2v) is 8.94. The number of rotatable bonds is 3. The van der Waals surface area contributed by atoms with Crippen molar-refractivity contribution in [2.24, 2.45) is 0 Å². The van der Waals surface area contributed by atoms with Gasteiger partial charge in [0.2, 0.25) is 5.95 Å². The molecule has 0 amide bonds. The lowest BCUT2D eigenvalue weighted by atomic mass is 9.84. The first kappa shape index (κ1) is 19.2. The Morgan fingerprint density at radius 1 is 0.938 bits per heavy atom. The van der Waals surface area contributed by atoms with Crippen LogP contribution < -0.4 is 10.1 Å². The van der Waals surface area contributed by atoms with Gasteiger partial charge in [-0.1, -0.05) is 54.1 Å². The zero-order valence-electron chi connectivity index (χ0n) is 17.8. The molecule has 2 atom stereocenters. The van der Waals surface area contributed by atoms with Gasteiger partial charge in [-0.25, -0.2) is 4.68 Å². The monoisotopic (exact) mass is 438 g/mol. The number of hydrogen-bond donors (Lipinski definition) is 1. The van der Waals surface area contributed by atoms with Crippen molar-refractivity contribution in [2.75, 3.05) is 11.6 Å². The highest BCUT2D eigenvalue weighted by molar-refractivity contribution is 7.98. The smallest absolute Gasteiger partial charge is 0.226 e. The number of anilines is 1. The Hall–Kier alpha value is -3.51. The minimum atomic E-state index is -0.244. The molecule has 0 spiro atoms. The Balaban J connectivity index is 1.60. The molecule has 1 aromatic heterocycles. The molecule has 0 aliphatic carbocycles. The van der Waals surface area contributed by atoms with Crippen molar-refractivity contribution in [3.05, 3.63) is 107 Å². The van der Waals surface area contributed by atoms with E-state index in [0.29, 0.717) is 0 Å². The average Bonchev–Trinajstić information content (AvgIpc) is 3.31. The number of ether oxygens (including phenoxy) is 1. The van der Waals surface area contributed by atoms with Crippen LogP contribution in [0, 0.1) is 6.92 Å². The van der Waals surface area contributed by atoms with Gasteiger partial charge in [-0.15, -0.1) is 11.8 Å². The van der Waals surface area contributed by atoms with E-state index in [2.05, 4.69) is 83.2 Å². The molecule has 0 radical (unpaired) electrons. The molecule has 3 aromatic carbocycles. The number of fused-ring (bicyclic) bond motifs is 3. The maximum Gasteiger partial charge on any atom is 0.226 e. The molecular weight excluding hydrogens is 416 g/mol. The molecule has 1 N–H and O–H groups in total. The average molecular weight is 439 g/mol. The van der Waals surface area contributed by atoms with Crippen molar-refractivity contribution >= 4 is 23.4 Å². The number of thioether (sulfide) groups is 1. The van der Waals surface area contributed by atoms with E-state index in [9.17, 15) is 0 Å². The van der Waals surface area contributed by atoms with Gasteiger partial charge in [0, 0.05) is 16.0 Å². The van der Waals surface area contributed by atoms with Crippen molar-refractivity contribution in [1.82, 2.24) is 14.8 Å². The molecule has 2 aliphatic rings. The van der Waals surface area contributed by atoms with Crippen molar-refractivity contribution in [3.63, 3.8) is 0 Å². The standard InChI is InChI=1S/C26H22N4OS/c1-16-7-9-17(10-8-16)24-22-23(29-26-27-15-28-30(24)26)20-5-3-4-6-21(20)31-25(22)18-11-13-19(32-2)14-12-18/h3-15,24-25H,1-2H3,(H,27,28,29)/t24-,25+/m1/s1. The molecule has 0 saturated carbocycles. The van der Waals surface area contributed by atoms with E-state index in [0.717, 1.165) is 39.7 Å². The van der Waals surface area contributed by atoms with Crippen LogP contribution >= 0.6 is 11.8 Å². The fourth-order valence-corrected chi connectivity index (χ4v) is 4.95. The highest BCUT2D eigenvalue weighted by Crippen LogP contribution is 2.50. The molecule has 6 heteroatoms. The quantitative estimate of drug-likeness (QED) is 0.406. The third-order valence-electron chi connectivity index (χ3n) is 6.13. The highest BCUT2D eigenvalue weighted by Gasteiger charge is 2.40. The zero-order valence-corrected chi connectivity index (χ0v) is 18.6. The first-order valence-electron chi connectivity index (χ1n) is 10.6. The fraction of sp³-hybridized carbons (Fsp3) is 0.154. The minimum Gasteiger partial charge on any atom is -0.480 e. The Kier molecular flexibility index (Phi) is 4.54. The minimum absolute atomic E-state index is 0.122. The summed E-state index contributed by atoms with van der Waals surface area (Å²) in [5, 5.41) is 8.14. The van der Waals surface area contributed by atoms with E-state index < -0.39 is 0 Å². The van der Waals surface area contributed by atoms with Crippen molar-refractivity contribution < 1.29 is 4.74 Å². The SMILES string of the molecule is CSc1ccc([C@@H]2Oc3ccccc3C3=C2[C@@H](c2ccc(C)cc2)n2ncnc2N3)cc1. The summed E-state index contributed by atoms with van der Waals surface area (Å²) in [6.45, 7) is 2.11. The van der Waals surface area contributed by atoms with Crippen molar-refractivity contribution in [2.45, 2.75) is 24.0 Å². The van der Waals surface area contributed by atoms with Crippen LogP contribution in [0.25, 0.3) is 5.70 Å². The first-order chi connectivity index (χ1) is 15.7. The van der Waals surface area contributed by atoms with Crippen LogP contribution in [0.2, 0.25) is 0 Å². The van der Waals surface area contributed by atoms with Gasteiger partial charge in [0.15, 0.2) is 0 Å². The van der Waals surface area contributed by atoms with Crippen molar-refractivity contribution in [1.29, 1.82) is 0 Å². The normalized spacial score (nSPS) is 18.8. The zero-order chi connectivity index (χ0) is 21.7. The van der Waals surface area contributed by atoms with Gasteiger partial charge < -0.3 is 10.1 Å². The summed E-state index contributed by atoms with van der Waals surface area (Å²) in [6.07, 6.45) is 3.46. The highest BCUT2D eigenvalue weighted by atomic mass is 32.2. The second-order valence-electron chi connectivity index (χ2n) is 8.06. The summed E-state index contributed by atoms with van der Waals surface area (Å²) in [6, 6.07) is 25.4.